The van der Waals surface area contributed by atoms with Crippen LogP contribution in [0.2, 0.25) is 0 Å². The second-order valence-corrected chi connectivity index (χ2v) is 8.48. The quantitative estimate of drug-likeness (QED) is 0.589. The maximum atomic E-state index is 15.2. The van der Waals surface area contributed by atoms with Crippen LogP contribution in [0.15, 0.2) is 24.5 Å². The van der Waals surface area contributed by atoms with E-state index in [2.05, 4.69) is 24.7 Å². The van der Waals surface area contributed by atoms with E-state index in [1.165, 1.54) is 6.07 Å². The zero-order chi connectivity index (χ0) is 23.4. The van der Waals surface area contributed by atoms with Crippen molar-refractivity contribution in [2.24, 2.45) is 0 Å². The molecule has 1 unspecified atom stereocenters. The van der Waals surface area contributed by atoms with Crippen molar-refractivity contribution in [1.82, 2.24) is 14.9 Å². The van der Waals surface area contributed by atoms with Crippen LogP contribution in [0.1, 0.15) is 0 Å². The maximum Gasteiger partial charge on any atom is 0.225 e. The highest BCUT2D eigenvalue weighted by Gasteiger charge is 2.36. The van der Waals surface area contributed by atoms with E-state index in [1.807, 2.05) is 7.05 Å². The third kappa shape index (κ3) is 5.19. The molecule has 1 aromatic carbocycles. The van der Waals surface area contributed by atoms with Gasteiger partial charge in [-0.05, 0) is 19.2 Å². The van der Waals surface area contributed by atoms with Gasteiger partial charge < -0.3 is 29.7 Å². The number of halogens is 1. The molecule has 2 atom stereocenters. The number of nitrogens with zero attached hydrogens (tertiary/aromatic N) is 5. The van der Waals surface area contributed by atoms with Crippen molar-refractivity contribution in [3.05, 3.63) is 30.3 Å². The topological polar surface area (TPSA) is 89.2 Å². The zero-order valence-electron chi connectivity index (χ0n) is 19.5. The smallest absolute Gasteiger partial charge is 0.225 e. The molecule has 0 aliphatic carbocycles. The highest BCUT2D eigenvalue weighted by atomic mass is 19.1. The fraction of sp³-hybridized carbons (Fsp3) is 0.565. The molecular weight excluding hydrogens is 427 g/mol. The molecule has 1 aromatic heterocycles. The highest BCUT2D eigenvalue weighted by Crippen LogP contribution is 2.35. The summed E-state index contributed by atoms with van der Waals surface area (Å²) in [6.07, 6.45) is 3.29. The summed E-state index contributed by atoms with van der Waals surface area (Å²) >= 11 is 0. The van der Waals surface area contributed by atoms with Gasteiger partial charge in [-0.1, -0.05) is 0 Å². The number of benzene rings is 1. The lowest BCUT2D eigenvalue weighted by Gasteiger charge is -2.27. The lowest BCUT2D eigenvalue weighted by molar-refractivity contribution is 0.0442. The van der Waals surface area contributed by atoms with Gasteiger partial charge in [0, 0.05) is 70.5 Å². The summed E-state index contributed by atoms with van der Waals surface area (Å²) in [7, 11) is 5.45. The van der Waals surface area contributed by atoms with Crippen molar-refractivity contribution in [3.8, 4) is 11.1 Å². The Bertz CT molecular complexity index is 925. The molecule has 2 aliphatic rings. The van der Waals surface area contributed by atoms with Gasteiger partial charge in [-0.25, -0.2) is 14.4 Å². The largest absolute Gasteiger partial charge is 0.397 e. The fourth-order valence-electron chi connectivity index (χ4n) is 4.47. The van der Waals surface area contributed by atoms with Crippen molar-refractivity contribution in [2.45, 2.75) is 12.1 Å². The highest BCUT2D eigenvalue weighted by molar-refractivity contribution is 5.77. The molecule has 0 saturated carbocycles. The van der Waals surface area contributed by atoms with Crippen LogP contribution in [0.3, 0.4) is 0 Å². The summed E-state index contributed by atoms with van der Waals surface area (Å²) in [6, 6.07) is 3.33. The summed E-state index contributed by atoms with van der Waals surface area (Å²) in [5, 5.41) is 0. The van der Waals surface area contributed by atoms with Crippen molar-refractivity contribution in [1.29, 1.82) is 0 Å². The number of rotatable bonds is 8. The van der Waals surface area contributed by atoms with E-state index in [-0.39, 0.29) is 18.0 Å². The van der Waals surface area contributed by atoms with Crippen LogP contribution in [0.4, 0.5) is 21.7 Å². The van der Waals surface area contributed by atoms with Gasteiger partial charge in [0.05, 0.1) is 43.3 Å². The van der Waals surface area contributed by atoms with Gasteiger partial charge in [-0.15, -0.1) is 0 Å². The first kappa shape index (κ1) is 23.6. The van der Waals surface area contributed by atoms with E-state index in [0.717, 1.165) is 19.6 Å². The first-order valence-electron chi connectivity index (χ1n) is 11.2. The number of hydrogen-bond acceptors (Lipinski definition) is 9. The summed E-state index contributed by atoms with van der Waals surface area (Å²) in [5.74, 6) is 0.269. The number of nitrogen functional groups attached to an aromatic ring is 1. The summed E-state index contributed by atoms with van der Waals surface area (Å²) in [4.78, 5) is 15.2. The van der Waals surface area contributed by atoms with E-state index in [1.54, 1.807) is 32.7 Å². The molecule has 10 heteroatoms. The van der Waals surface area contributed by atoms with E-state index in [4.69, 9.17) is 19.9 Å². The average molecular weight is 461 g/mol. The minimum absolute atomic E-state index is 0.00451. The fourth-order valence-corrected chi connectivity index (χ4v) is 4.47. The van der Waals surface area contributed by atoms with E-state index >= 15 is 4.39 Å². The third-order valence-electron chi connectivity index (χ3n) is 6.45. The van der Waals surface area contributed by atoms with Gasteiger partial charge in [0.2, 0.25) is 5.95 Å². The van der Waals surface area contributed by atoms with Gasteiger partial charge in [0.25, 0.3) is 0 Å². The van der Waals surface area contributed by atoms with Gasteiger partial charge >= 0.3 is 0 Å². The Labute approximate surface area is 194 Å². The van der Waals surface area contributed by atoms with Crippen LogP contribution in [-0.2, 0) is 14.2 Å². The summed E-state index contributed by atoms with van der Waals surface area (Å²) in [5.41, 5.74) is 8.57. The SMILES string of the molecule is COCCN(C)C1CN(c2cc(F)c(-c3cnc(N4CCOCC4)nc3)cc2N)C[C@@H]1OC. The molecule has 180 valence electrons. The molecule has 0 spiro atoms. The lowest BCUT2D eigenvalue weighted by atomic mass is 10.1. The number of aromatic nitrogens is 2. The zero-order valence-corrected chi connectivity index (χ0v) is 19.5. The summed E-state index contributed by atoms with van der Waals surface area (Å²) < 4.78 is 31.5. The predicted molar refractivity (Wildman–Crippen MR) is 126 cm³/mol. The molecule has 3 heterocycles. The molecule has 9 nitrogen and oxygen atoms in total. The second-order valence-electron chi connectivity index (χ2n) is 8.48. The average Bonchev–Trinajstić information content (AvgIpc) is 3.29. The van der Waals surface area contributed by atoms with E-state index < -0.39 is 0 Å². The van der Waals surface area contributed by atoms with Gasteiger partial charge in [-0.3, -0.25) is 4.90 Å². The molecule has 2 aliphatic heterocycles. The Hall–Kier alpha value is -2.53. The molecule has 0 radical (unpaired) electrons. The Morgan fingerprint density at radius 3 is 2.55 bits per heavy atom. The van der Waals surface area contributed by atoms with Crippen LogP contribution in [0.5, 0.6) is 0 Å². The van der Waals surface area contributed by atoms with Crippen molar-refractivity contribution >= 4 is 17.3 Å². The van der Waals surface area contributed by atoms with Crippen molar-refractivity contribution in [2.75, 3.05) is 89.3 Å². The molecule has 33 heavy (non-hydrogen) atoms. The number of anilines is 3. The lowest BCUT2D eigenvalue weighted by Crippen LogP contribution is -2.43. The van der Waals surface area contributed by atoms with E-state index in [0.29, 0.717) is 61.4 Å². The molecule has 2 aromatic rings. The van der Waals surface area contributed by atoms with Gasteiger partial charge in [0.15, 0.2) is 0 Å². The Balaban J connectivity index is 1.51. The van der Waals surface area contributed by atoms with Crippen LogP contribution in [0, 0.1) is 5.82 Å². The van der Waals surface area contributed by atoms with Crippen LogP contribution < -0.4 is 15.5 Å². The van der Waals surface area contributed by atoms with Crippen LogP contribution in [-0.4, -0.2) is 101 Å². The van der Waals surface area contributed by atoms with Crippen molar-refractivity contribution < 1.29 is 18.6 Å². The van der Waals surface area contributed by atoms with E-state index in [9.17, 15) is 0 Å². The maximum absolute atomic E-state index is 15.2. The number of likely N-dealkylation sites (N-methyl/N-ethyl adjacent to an activating group) is 1. The minimum atomic E-state index is -0.355. The standard InChI is InChI=1S/C23H33FN6O3/c1-28(4-7-31-2)21-14-30(15-22(21)32-3)20-11-18(24)17(10-19(20)25)16-12-26-23(27-13-16)29-5-8-33-9-6-29/h10-13,21-22H,4-9,14-15,25H2,1-3H3/t21?,22-/m0/s1. The van der Waals surface area contributed by atoms with Gasteiger partial charge in [-0.2, -0.15) is 0 Å². The van der Waals surface area contributed by atoms with Crippen LogP contribution in [0.25, 0.3) is 11.1 Å². The molecule has 4 rings (SSSR count). The summed E-state index contributed by atoms with van der Waals surface area (Å²) in [6.45, 7) is 5.56. The minimum Gasteiger partial charge on any atom is -0.397 e. The molecule has 0 amide bonds. The molecule has 2 N–H and O–H groups in total. The Morgan fingerprint density at radius 2 is 1.88 bits per heavy atom. The first-order valence-corrected chi connectivity index (χ1v) is 11.2. The number of methoxy groups -OCH3 is 2. The molecule has 2 saturated heterocycles. The normalized spacial score (nSPS) is 21.2. The third-order valence-corrected chi connectivity index (χ3v) is 6.45. The predicted octanol–water partition coefficient (Wildman–Crippen LogP) is 1.48. The molecular formula is C23H33FN6O3. The van der Waals surface area contributed by atoms with Gasteiger partial charge in [0.1, 0.15) is 5.82 Å². The number of ether oxygens (including phenoxy) is 3. The Morgan fingerprint density at radius 1 is 1.15 bits per heavy atom. The Kier molecular flexibility index (Phi) is 7.59. The number of hydrogen-bond donors (Lipinski definition) is 1. The van der Waals surface area contributed by atoms with Crippen LogP contribution >= 0.6 is 0 Å². The number of morpholine rings is 1. The molecule has 0 bridgehead atoms. The number of nitrogens with two attached hydrogens (primary N) is 1. The molecule has 2 fully saturated rings. The monoisotopic (exact) mass is 460 g/mol. The second kappa shape index (κ2) is 10.6. The van der Waals surface area contributed by atoms with Crippen molar-refractivity contribution in [3.63, 3.8) is 0 Å². The first-order chi connectivity index (χ1) is 16.0.